The summed E-state index contributed by atoms with van der Waals surface area (Å²) in [6.45, 7) is 8.22. The van der Waals surface area contributed by atoms with Gasteiger partial charge in [0.2, 0.25) is 0 Å². The molecule has 0 radical (unpaired) electrons. The highest BCUT2D eigenvalue weighted by Gasteiger charge is 2.41. The van der Waals surface area contributed by atoms with Gasteiger partial charge in [-0.25, -0.2) is 38.1 Å². The minimum absolute atomic E-state index is 0.0120. The molecule has 0 saturated carbocycles. The molecule has 3 fully saturated rings. The van der Waals surface area contributed by atoms with Gasteiger partial charge in [0, 0.05) is 175 Å². The molecule has 8 atom stereocenters. The van der Waals surface area contributed by atoms with Crippen LogP contribution in [0.5, 0.6) is 0 Å². The lowest BCUT2D eigenvalue weighted by Crippen LogP contribution is -2.47. The van der Waals surface area contributed by atoms with Gasteiger partial charge in [0.15, 0.2) is 32.5 Å². The fourth-order valence-corrected chi connectivity index (χ4v) is 17.8. The van der Waals surface area contributed by atoms with Crippen LogP contribution in [0.2, 0.25) is 30.1 Å². The fraction of sp³-hybridized carbons (Fsp3) is 0.440. The number of thiazole rings is 3. The van der Waals surface area contributed by atoms with Crippen molar-refractivity contribution in [3.05, 3.63) is 185 Å². The molecule has 6 aliphatic rings. The number of rotatable bonds is 28. The topological polar surface area (TPSA) is 331 Å². The van der Waals surface area contributed by atoms with Gasteiger partial charge >= 0.3 is 35.8 Å². The van der Waals surface area contributed by atoms with E-state index < -0.39 is 84.7 Å². The SMILES string of the molecule is COC(=O)C1=C(CN2CCO[C@H](CCC(F)(F)CC(=O)O)C2)NC(c2nccs2)=N[C@H]1c1ccc(Cl)cc1Cl.COC(=O)C1=C(CN2CCO[C@H](CCCC(C)C(=O)O)C2)NC(c2nccs2)=N[C@H]1c1ccc(Cl)cc1Cl.COC(=O)C1=C(CN2CCSC[C@H]2CC(C)C(=O)O)NC(c2nccs2)=N[C@H]1c1ccc(Cl)cc1Cl. The minimum atomic E-state index is -3.33. The quantitative estimate of drug-likeness (QED) is 0.0196. The number of aliphatic imine (C=N–C) groups is 3. The van der Waals surface area contributed by atoms with E-state index in [1.165, 1.54) is 55.3 Å². The van der Waals surface area contributed by atoms with Crippen LogP contribution in [-0.4, -0.2) is 221 Å². The molecule has 38 heteroatoms. The van der Waals surface area contributed by atoms with Crippen molar-refractivity contribution in [2.45, 2.75) is 101 Å². The second kappa shape index (κ2) is 41.5. The summed E-state index contributed by atoms with van der Waals surface area (Å²) in [5.74, 6) is -5.69. The number of alkyl halides is 2. The summed E-state index contributed by atoms with van der Waals surface area (Å²) < 4.78 is 55.0. The number of methoxy groups -OCH3 is 3. The molecular formula is C75H82Cl6F2N12O14S4. The van der Waals surface area contributed by atoms with Gasteiger partial charge in [-0.3, -0.25) is 44.1 Å². The number of carbonyl (C=O) groups excluding carboxylic acids is 3. The summed E-state index contributed by atoms with van der Waals surface area (Å²) in [5.41, 5.74) is 4.59. The lowest BCUT2D eigenvalue weighted by molar-refractivity contribution is -0.146. The number of hydrogen-bond donors (Lipinski definition) is 6. The van der Waals surface area contributed by atoms with Gasteiger partial charge in [-0.05, 0) is 68.5 Å². The lowest BCUT2D eigenvalue weighted by atomic mass is 9.94. The summed E-state index contributed by atoms with van der Waals surface area (Å²) in [6.07, 6.45) is 5.28. The molecule has 6 N–H and O–H groups in total. The van der Waals surface area contributed by atoms with Gasteiger partial charge in [-0.1, -0.05) is 102 Å². The van der Waals surface area contributed by atoms with Crippen molar-refractivity contribution in [2.24, 2.45) is 26.8 Å². The van der Waals surface area contributed by atoms with E-state index in [4.69, 9.17) is 118 Å². The maximum Gasteiger partial charge on any atom is 0.338 e. The molecule has 12 rings (SSSR count). The van der Waals surface area contributed by atoms with E-state index in [1.807, 2.05) is 27.4 Å². The third kappa shape index (κ3) is 24.0. The molecule has 0 spiro atoms. The molecule has 0 bridgehead atoms. The molecule has 6 aliphatic heterocycles. The number of halogens is 8. The summed E-state index contributed by atoms with van der Waals surface area (Å²) >= 11 is 44.1. The van der Waals surface area contributed by atoms with Crippen molar-refractivity contribution >= 4 is 169 Å². The van der Waals surface area contributed by atoms with Crippen LogP contribution >= 0.6 is 115 Å². The number of aromatic nitrogens is 3. The van der Waals surface area contributed by atoms with Crippen LogP contribution in [0.1, 0.15) is 109 Å². The standard InChI is InChI=1S/C26H30Cl2N4O5S.C25H26Cl2F2N4O5S.C24H26Cl2N4O4S2/c1-15(25(33)34)4-3-5-17-13-32(9-10-37-17)14-20-21(26(35)36-2)22(18-7-6-16(27)12-19(18)28)31-23(30-20)24-29-8-11-38-24;1-37-24(36)20-18(13-33-7-8-38-15(12-33)4-5-25(28,29)11-19(34)35)31-22(23-30-6-9-39-23)32-21(20)16-3-2-14(26)10-17(16)27;1-13(23(31)32)9-15-12-35-8-6-30(15)11-18-19(24(33)34-2)20(16-4-3-14(25)10-17(16)26)29-21(28-18)22-27-5-7-36-22/h6-8,11-12,15,17,22H,3-5,9-10,13-14H2,1-2H3,(H,30,31)(H,33,34);2-3,6,9-10,15,21H,4-5,7-8,11-13H2,1H3,(H,31,32)(H,34,35);3-5,7,10,13,15,20H,6,8-9,11-12H2,1-2H3,(H,28,29)(H,31,32)/t15?,17-,22+;15-,21+;13?,15-,20+/m111/s1. The van der Waals surface area contributed by atoms with Gasteiger partial charge in [0.1, 0.15) is 24.5 Å². The van der Waals surface area contributed by atoms with Gasteiger partial charge in [-0.2, -0.15) is 11.8 Å². The first-order chi connectivity index (χ1) is 54.1. The van der Waals surface area contributed by atoms with Crippen LogP contribution in [0, 0.1) is 11.8 Å². The Bertz CT molecular complexity index is 4580. The molecule has 6 aromatic rings. The zero-order chi connectivity index (χ0) is 81.2. The number of carboxylic acids is 3. The number of nitrogens with one attached hydrogen (secondary N) is 3. The predicted molar refractivity (Wildman–Crippen MR) is 434 cm³/mol. The molecule has 3 aromatic heterocycles. The maximum atomic E-state index is 14.0. The lowest BCUT2D eigenvalue weighted by Gasteiger charge is -2.38. The molecule has 3 aromatic carbocycles. The maximum absolute atomic E-state index is 14.0. The molecular weight excluding hydrogens is 1670 g/mol. The molecule has 26 nitrogen and oxygen atoms in total. The number of morpholine rings is 2. The number of carboxylic acid groups (broad SMARTS) is 3. The molecule has 2 unspecified atom stereocenters. The molecule has 0 amide bonds. The van der Waals surface area contributed by atoms with Crippen LogP contribution in [0.3, 0.4) is 0 Å². The molecule has 9 heterocycles. The summed E-state index contributed by atoms with van der Waals surface area (Å²) in [7, 11) is 3.95. The van der Waals surface area contributed by atoms with E-state index in [0.717, 1.165) is 30.9 Å². The number of aliphatic carboxylic acids is 3. The highest BCUT2D eigenvalue weighted by atomic mass is 35.5. The average Bonchev–Trinajstić information content (AvgIpc) is 1.49. The highest BCUT2D eigenvalue weighted by Crippen LogP contribution is 2.42. The van der Waals surface area contributed by atoms with E-state index >= 15 is 0 Å². The van der Waals surface area contributed by atoms with E-state index in [9.17, 15) is 42.7 Å². The molecule has 113 heavy (non-hydrogen) atoms. The van der Waals surface area contributed by atoms with Crippen molar-refractivity contribution in [1.29, 1.82) is 0 Å². The van der Waals surface area contributed by atoms with Gasteiger partial charge in [-0.15, -0.1) is 34.0 Å². The first-order valence-electron chi connectivity index (χ1n) is 35.7. The number of thioether (sulfide) groups is 1. The number of benzene rings is 3. The van der Waals surface area contributed by atoms with Crippen molar-refractivity contribution in [3.8, 4) is 0 Å². The van der Waals surface area contributed by atoms with Gasteiger partial charge in [0.05, 0.1) is 75.3 Å². The highest BCUT2D eigenvalue weighted by molar-refractivity contribution is 7.99. The van der Waals surface area contributed by atoms with Gasteiger partial charge < -0.3 is 55.0 Å². The monoisotopic (exact) mass is 1750 g/mol. The minimum Gasteiger partial charge on any atom is -0.481 e. The Morgan fingerprint density at radius 1 is 0.575 bits per heavy atom. The van der Waals surface area contributed by atoms with Gasteiger partial charge in [0.25, 0.3) is 5.92 Å². The van der Waals surface area contributed by atoms with E-state index in [1.54, 1.807) is 92.4 Å². The number of ether oxygens (including phenoxy) is 5. The van der Waals surface area contributed by atoms with Crippen LogP contribution in [0.25, 0.3) is 0 Å². The summed E-state index contributed by atoms with van der Waals surface area (Å²) in [4.78, 5) is 107. The van der Waals surface area contributed by atoms with E-state index in [0.29, 0.717) is 166 Å². The zero-order valence-corrected chi connectivity index (χ0v) is 69.5. The molecule has 0 aliphatic carbocycles. The normalized spacial score (nSPS) is 20.9. The number of carbonyl (C=O) groups is 6. The second-order valence-electron chi connectivity index (χ2n) is 26.9. The third-order valence-electron chi connectivity index (χ3n) is 19.1. The van der Waals surface area contributed by atoms with E-state index in [-0.39, 0.29) is 43.2 Å². The fourth-order valence-electron chi connectivity index (χ4n) is 13.3. The smallest absolute Gasteiger partial charge is 0.338 e. The van der Waals surface area contributed by atoms with Crippen LogP contribution < -0.4 is 16.0 Å². The molecule has 3 saturated heterocycles. The van der Waals surface area contributed by atoms with Crippen molar-refractivity contribution in [2.75, 3.05) is 98.4 Å². The van der Waals surface area contributed by atoms with Crippen LogP contribution in [0.15, 0.2) is 138 Å². The van der Waals surface area contributed by atoms with Crippen LogP contribution in [0.4, 0.5) is 8.78 Å². The number of esters is 3. The number of hydrogen-bond acceptors (Lipinski definition) is 27. The Morgan fingerprint density at radius 2 is 0.973 bits per heavy atom. The van der Waals surface area contributed by atoms with Crippen molar-refractivity contribution < 1.29 is 76.6 Å². The van der Waals surface area contributed by atoms with Crippen LogP contribution in [-0.2, 0) is 52.5 Å². The summed E-state index contributed by atoms with van der Waals surface area (Å²) in [5, 5.41) is 47.2. The number of amidine groups is 3. The predicted octanol–water partition coefficient (Wildman–Crippen LogP) is 13.6. The Morgan fingerprint density at radius 3 is 1.34 bits per heavy atom. The zero-order valence-electron chi connectivity index (χ0n) is 61.7. The van der Waals surface area contributed by atoms with E-state index in [2.05, 4.69) is 40.7 Å². The Balaban J connectivity index is 0.000000180. The Hall–Kier alpha value is -7.25. The second-order valence-corrected chi connectivity index (χ2v) is 33.3. The first-order valence-corrected chi connectivity index (χ1v) is 41.7. The first kappa shape index (κ1) is 88.1. The average molecular weight is 1750 g/mol. The third-order valence-corrected chi connectivity index (χ3v) is 24.2. The Labute approximate surface area is 697 Å². The number of nitrogens with zero attached hydrogens (tertiary/aromatic N) is 9. The van der Waals surface area contributed by atoms with Crippen molar-refractivity contribution in [1.82, 2.24) is 45.6 Å². The summed E-state index contributed by atoms with van der Waals surface area (Å²) in [6, 6.07) is 12.9. The Kier molecular flexibility index (Phi) is 32.4. The molecule has 606 valence electrons. The van der Waals surface area contributed by atoms with Crippen molar-refractivity contribution in [3.63, 3.8) is 0 Å². The largest absolute Gasteiger partial charge is 0.481 e.